The predicted molar refractivity (Wildman–Crippen MR) is 112 cm³/mol. The monoisotopic (exact) mass is 391 g/mol. The molecule has 0 aliphatic carbocycles. The number of phenols is 1. The van der Waals surface area contributed by atoms with Crippen LogP contribution in [0.5, 0.6) is 11.5 Å². The van der Waals surface area contributed by atoms with Crippen molar-refractivity contribution in [3.05, 3.63) is 47.0 Å². The number of phenolic OH excluding ortho intramolecular Hbond substituents is 1. The van der Waals surface area contributed by atoms with Crippen LogP contribution in [0.2, 0.25) is 0 Å². The van der Waals surface area contributed by atoms with Crippen molar-refractivity contribution in [2.24, 2.45) is 0 Å². The molecule has 0 spiro atoms. The van der Waals surface area contributed by atoms with Crippen LogP contribution >= 0.6 is 0 Å². The SMILES string of the molecule is COc1cc(-c2cc3cc(CN4CCCCC4)ccc3[nH]2)c2c(c1O)CNC2=O. The van der Waals surface area contributed by atoms with E-state index in [1.165, 1.54) is 45.0 Å². The zero-order chi connectivity index (χ0) is 20.0. The van der Waals surface area contributed by atoms with Crippen LogP contribution in [0.25, 0.3) is 22.2 Å². The van der Waals surface area contributed by atoms with Gasteiger partial charge in [-0.2, -0.15) is 0 Å². The molecule has 6 nitrogen and oxygen atoms in total. The highest BCUT2D eigenvalue weighted by Gasteiger charge is 2.29. The quantitative estimate of drug-likeness (QED) is 0.633. The molecule has 150 valence electrons. The number of nitrogens with zero attached hydrogens (tertiary/aromatic N) is 1. The van der Waals surface area contributed by atoms with Crippen LogP contribution in [0, 0.1) is 0 Å². The molecule has 1 saturated heterocycles. The fraction of sp³-hybridized carbons (Fsp3) is 0.348. The number of aromatic amines is 1. The molecule has 1 amide bonds. The lowest BCUT2D eigenvalue weighted by Gasteiger charge is -2.26. The summed E-state index contributed by atoms with van der Waals surface area (Å²) < 4.78 is 5.34. The number of amides is 1. The Morgan fingerprint density at radius 2 is 1.97 bits per heavy atom. The van der Waals surface area contributed by atoms with Crippen molar-refractivity contribution in [3.8, 4) is 22.8 Å². The summed E-state index contributed by atoms with van der Waals surface area (Å²) in [6.45, 7) is 3.63. The number of piperidine rings is 1. The molecule has 0 radical (unpaired) electrons. The van der Waals surface area contributed by atoms with Crippen molar-refractivity contribution < 1.29 is 14.6 Å². The molecule has 3 N–H and O–H groups in total. The number of hydrogen-bond acceptors (Lipinski definition) is 4. The van der Waals surface area contributed by atoms with E-state index in [1.54, 1.807) is 6.07 Å². The molecule has 0 saturated carbocycles. The maximum atomic E-state index is 12.4. The van der Waals surface area contributed by atoms with Crippen molar-refractivity contribution in [2.75, 3.05) is 20.2 Å². The fourth-order valence-corrected chi connectivity index (χ4v) is 4.56. The number of H-pyrrole nitrogens is 1. The summed E-state index contributed by atoms with van der Waals surface area (Å²) in [5, 5.41) is 14.3. The maximum Gasteiger partial charge on any atom is 0.252 e. The van der Waals surface area contributed by atoms with E-state index in [0.717, 1.165) is 28.7 Å². The normalized spacial score (nSPS) is 16.8. The molecule has 3 aromatic rings. The van der Waals surface area contributed by atoms with Gasteiger partial charge in [-0.05, 0) is 55.8 Å². The van der Waals surface area contributed by atoms with Gasteiger partial charge >= 0.3 is 0 Å². The van der Waals surface area contributed by atoms with Crippen molar-refractivity contribution in [1.29, 1.82) is 0 Å². The van der Waals surface area contributed by atoms with Crippen LogP contribution in [0.3, 0.4) is 0 Å². The first-order valence-corrected chi connectivity index (χ1v) is 10.2. The Balaban J connectivity index is 1.54. The first-order chi connectivity index (χ1) is 14.1. The van der Waals surface area contributed by atoms with Crippen molar-refractivity contribution in [3.63, 3.8) is 0 Å². The number of ether oxygens (including phenoxy) is 1. The van der Waals surface area contributed by atoms with Gasteiger partial charge in [-0.25, -0.2) is 0 Å². The summed E-state index contributed by atoms with van der Waals surface area (Å²) in [4.78, 5) is 18.4. The zero-order valence-corrected chi connectivity index (χ0v) is 16.5. The minimum absolute atomic E-state index is 0.0320. The van der Waals surface area contributed by atoms with E-state index in [2.05, 4.69) is 39.5 Å². The van der Waals surface area contributed by atoms with Gasteiger partial charge in [0.2, 0.25) is 0 Å². The average molecular weight is 391 g/mol. The van der Waals surface area contributed by atoms with Crippen LogP contribution in [-0.4, -0.2) is 41.1 Å². The number of hydrogen-bond donors (Lipinski definition) is 3. The Hall–Kier alpha value is -2.99. The predicted octanol–water partition coefficient (Wildman–Crippen LogP) is 3.78. The minimum Gasteiger partial charge on any atom is -0.504 e. The Bertz CT molecular complexity index is 1100. The van der Waals surface area contributed by atoms with Gasteiger partial charge in [0.15, 0.2) is 11.5 Å². The summed E-state index contributed by atoms with van der Waals surface area (Å²) >= 11 is 0. The van der Waals surface area contributed by atoms with Crippen molar-refractivity contribution in [1.82, 2.24) is 15.2 Å². The third kappa shape index (κ3) is 3.13. The largest absolute Gasteiger partial charge is 0.504 e. The Morgan fingerprint density at radius 1 is 1.14 bits per heavy atom. The lowest BCUT2D eigenvalue weighted by Crippen LogP contribution is -2.28. The second kappa shape index (κ2) is 7.12. The molecular weight excluding hydrogens is 366 g/mol. The maximum absolute atomic E-state index is 12.4. The van der Waals surface area contributed by atoms with Crippen LogP contribution in [-0.2, 0) is 13.1 Å². The van der Waals surface area contributed by atoms with Gasteiger partial charge in [0.05, 0.1) is 12.7 Å². The summed E-state index contributed by atoms with van der Waals surface area (Å²) in [5.41, 5.74) is 5.04. The Morgan fingerprint density at radius 3 is 2.76 bits per heavy atom. The van der Waals surface area contributed by atoms with E-state index in [9.17, 15) is 9.90 Å². The molecular formula is C23H25N3O3. The van der Waals surface area contributed by atoms with Gasteiger partial charge in [-0.15, -0.1) is 0 Å². The molecule has 5 rings (SSSR count). The van der Waals surface area contributed by atoms with Gasteiger partial charge in [0.1, 0.15) is 0 Å². The zero-order valence-electron chi connectivity index (χ0n) is 16.5. The number of fused-ring (bicyclic) bond motifs is 2. The number of methoxy groups -OCH3 is 1. The third-order valence-corrected chi connectivity index (χ3v) is 6.07. The van der Waals surface area contributed by atoms with Gasteiger partial charge in [0, 0.05) is 40.8 Å². The van der Waals surface area contributed by atoms with Gasteiger partial charge in [-0.1, -0.05) is 12.5 Å². The average Bonchev–Trinajstić information content (AvgIpc) is 3.33. The highest BCUT2D eigenvalue weighted by Crippen LogP contribution is 2.41. The van der Waals surface area contributed by atoms with E-state index in [4.69, 9.17) is 4.74 Å². The van der Waals surface area contributed by atoms with Crippen LogP contribution in [0.1, 0.15) is 40.7 Å². The van der Waals surface area contributed by atoms with Crippen LogP contribution in [0.4, 0.5) is 0 Å². The molecule has 2 aromatic carbocycles. The Kier molecular flexibility index (Phi) is 4.43. The highest BCUT2D eigenvalue weighted by molar-refractivity contribution is 6.06. The number of rotatable bonds is 4. The molecule has 29 heavy (non-hydrogen) atoms. The summed E-state index contributed by atoms with van der Waals surface area (Å²) in [5.74, 6) is 0.238. The third-order valence-electron chi connectivity index (χ3n) is 6.07. The lowest BCUT2D eigenvalue weighted by molar-refractivity contribution is 0.0966. The van der Waals surface area contributed by atoms with Gasteiger partial charge < -0.3 is 20.1 Å². The second-order valence-electron chi connectivity index (χ2n) is 7.95. The second-order valence-corrected chi connectivity index (χ2v) is 7.95. The van der Waals surface area contributed by atoms with Gasteiger partial charge in [-0.3, -0.25) is 9.69 Å². The number of aromatic hydroxyl groups is 1. The topological polar surface area (TPSA) is 77.6 Å². The van der Waals surface area contributed by atoms with Crippen LogP contribution in [0.15, 0.2) is 30.3 Å². The number of likely N-dealkylation sites (tertiary alicyclic amines) is 1. The molecule has 1 fully saturated rings. The van der Waals surface area contributed by atoms with Crippen LogP contribution < -0.4 is 10.1 Å². The molecule has 3 heterocycles. The van der Waals surface area contributed by atoms with E-state index in [1.807, 2.05) is 0 Å². The van der Waals surface area contributed by atoms with E-state index >= 15 is 0 Å². The first kappa shape index (κ1) is 18.1. The summed E-state index contributed by atoms with van der Waals surface area (Å²) in [6, 6.07) is 10.3. The van der Waals surface area contributed by atoms with Crippen molar-refractivity contribution >= 4 is 16.8 Å². The summed E-state index contributed by atoms with van der Waals surface area (Å²) in [7, 11) is 1.52. The molecule has 0 atom stereocenters. The highest BCUT2D eigenvalue weighted by atomic mass is 16.5. The Labute approximate surface area is 169 Å². The molecule has 2 aliphatic rings. The number of nitrogens with one attached hydrogen (secondary N) is 2. The molecule has 6 heteroatoms. The molecule has 1 aromatic heterocycles. The van der Waals surface area contributed by atoms with Gasteiger partial charge in [0.25, 0.3) is 5.91 Å². The molecule has 0 bridgehead atoms. The molecule has 2 aliphatic heterocycles. The lowest BCUT2D eigenvalue weighted by atomic mass is 9.98. The number of benzene rings is 2. The first-order valence-electron chi connectivity index (χ1n) is 10.2. The smallest absolute Gasteiger partial charge is 0.252 e. The molecule has 0 unspecified atom stereocenters. The van der Waals surface area contributed by atoms with Crippen molar-refractivity contribution in [2.45, 2.75) is 32.4 Å². The van der Waals surface area contributed by atoms with E-state index < -0.39 is 0 Å². The standard InChI is InChI=1S/C23H25N3O3/c1-29-20-11-16(21-17(22(20)27)12-24-23(21)28)19-10-15-9-14(5-6-18(15)25-19)13-26-7-3-2-4-8-26/h5-6,9-11,25,27H,2-4,7-8,12-13H2,1H3,(H,24,28). The minimum atomic E-state index is -0.169. The van der Waals surface area contributed by atoms with E-state index in [0.29, 0.717) is 23.4 Å². The number of carbonyl (C=O) groups excluding carboxylic acids is 1. The fourth-order valence-electron chi connectivity index (χ4n) is 4.56. The summed E-state index contributed by atoms with van der Waals surface area (Å²) in [6.07, 6.45) is 3.91. The number of aromatic nitrogens is 1. The van der Waals surface area contributed by atoms with E-state index in [-0.39, 0.29) is 11.7 Å². The number of carbonyl (C=O) groups is 1.